The van der Waals surface area contributed by atoms with E-state index in [9.17, 15) is 0 Å². The van der Waals surface area contributed by atoms with Gasteiger partial charge in [-0.15, -0.1) is 10.2 Å². The van der Waals surface area contributed by atoms with Crippen molar-refractivity contribution in [1.29, 1.82) is 0 Å². The molecule has 0 aliphatic rings. The van der Waals surface area contributed by atoms with Gasteiger partial charge < -0.3 is 0 Å². The summed E-state index contributed by atoms with van der Waals surface area (Å²) in [7, 11) is 0. The van der Waals surface area contributed by atoms with Gasteiger partial charge >= 0.3 is 0 Å². The van der Waals surface area contributed by atoms with Crippen LogP contribution in [0, 0.1) is 0 Å². The SMILES string of the molecule is CCCCSc1nnc(-c2ccccc2)n1-c1ccccc1. The molecule has 0 aliphatic heterocycles. The number of hydrogen-bond acceptors (Lipinski definition) is 3. The van der Waals surface area contributed by atoms with Gasteiger partial charge in [-0.3, -0.25) is 4.57 Å². The molecule has 22 heavy (non-hydrogen) atoms. The van der Waals surface area contributed by atoms with Crippen LogP contribution in [0.2, 0.25) is 0 Å². The summed E-state index contributed by atoms with van der Waals surface area (Å²) in [5, 5.41) is 9.81. The first-order chi connectivity index (χ1) is 10.9. The predicted molar refractivity (Wildman–Crippen MR) is 92.4 cm³/mol. The number of thioether (sulfide) groups is 1. The second-order valence-electron chi connectivity index (χ2n) is 5.05. The third kappa shape index (κ3) is 3.22. The van der Waals surface area contributed by atoms with Crippen molar-refractivity contribution in [2.45, 2.75) is 24.9 Å². The molecule has 0 fully saturated rings. The van der Waals surface area contributed by atoms with E-state index in [0.717, 1.165) is 28.0 Å². The molecule has 0 unspecified atom stereocenters. The fourth-order valence-electron chi connectivity index (χ4n) is 2.26. The Balaban J connectivity index is 2.04. The van der Waals surface area contributed by atoms with Crippen LogP contribution in [0.15, 0.2) is 65.8 Å². The maximum Gasteiger partial charge on any atom is 0.196 e. The van der Waals surface area contributed by atoms with E-state index in [1.54, 1.807) is 11.8 Å². The Kier molecular flexibility index (Phi) is 4.91. The van der Waals surface area contributed by atoms with Gasteiger partial charge in [0.1, 0.15) is 0 Å². The number of benzene rings is 2. The summed E-state index contributed by atoms with van der Waals surface area (Å²) >= 11 is 1.77. The van der Waals surface area contributed by atoms with Crippen LogP contribution >= 0.6 is 11.8 Å². The minimum absolute atomic E-state index is 0.894. The van der Waals surface area contributed by atoms with Crippen LogP contribution in [-0.2, 0) is 0 Å². The van der Waals surface area contributed by atoms with E-state index in [2.05, 4.69) is 46.0 Å². The van der Waals surface area contributed by atoms with Crippen molar-refractivity contribution in [3.63, 3.8) is 0 Å². The van der Waals surface area contributed by atoms with E-state index in [1.165, 1.54) is 12.8 Å². The van der Waals surface area contributed by atoms with E-state index >= 15 is 0 Å². The van der Waals surface area contributed by atoms with Crippen LogP contribution < -0.4 is 0 Å². The zero-order valence-corrected chi connectivity index (χ0v) is 13.5. The normalized spacial score (nSPS) is 10.8. The molecule has 1 aromatic heterocycles. The molecule has 1 heterocycles. The first kappa shape index (κ1) is 14.9. The van der Waals surface area contributed by atoms with Gasteiger partial charge in [0.05, 0.1) is 0 Å². The summed E-state index contributed by atoms with van der Waals surface area (Å²) in [5.74, 6) is 1.96. The Morgan fingerprint density at radius 2 is 1.59 bits per heavy atom. The van der Waals surface area contributed by atoms with Gasteiger partial charge in [0.25, 0.3) is 0 Å². The van der Waals surface area contributed by atoms with E-state index in [0.29, 0.717) is 0 Å². The maximum absolute atomic E-state index is 4.43. The van der Waals surface area contributed by atoms with Gasteiger partial charge in [-0.1, -0.05) is 73.6 Å². The minimum atomic E-state index is 0.894. The van der Waals surface area contributed by atoms with Crippen molar-refractivity contribution in [2.75, 3.05) is 5.75 Å². The fourth-order valence-corrected chi connectivity index (χ4v) is 3.29. The summed E-state index contributed by atoms with van der Waals surface area (Å²) in [6, 6.07) is 20.5. The van der Waals surface area contributed by atoms with Crippen molar-refractivity contribution >= 4 is 11.8 Å². The highest BCUT2D eigenvalue weighted by molar-refractivity contribution is 7.99. The molecule has 112 valence electrons. The topological polar surface area (TPSA) is 30.7 Å². The Morgan fingerprint density at radius 1 is 0.909 bits per heavy atom. The molecule has 0 atom stereocenters. The van der Waals surface area contributed by atoms with E-state index in [1.807, 2.05) is 36.4 Å². The minimum Gasteiger partial charge on any atom is -0.270 e. The number of nitrogens with zero attached hydrogens (tertiary/aromatic N) is 3. The molecule has 0 N–H and O–H groups in total. The summed E-state index contributed by atoms with van der Waals surface area (Å²) < 4.78 is 2.15. The van der Waals surface area contributed by atoms with Crippen LogP contribution in [0.3, 0.4) is 0 Å². The molecule has 3 nitrogen and oxygen atoms in total. The molecule has 4 heteroatoms. The van der Waals surface area contributed by atoms with E-state index in [4.69, 9.17) is 0 Å². The van der Waals surface area contributed by atoms with Gasteiger partial charge in [-0.05, 0) is 18.6 Å². The number of aromatic nitrogens is 3. The molecular weight excluding hydrogens is 290 g/mol. The number of hydrogen-bond donors (Lipinski definition) is 0. The van der Waals surface area contributed by atoms with Crippen molar-refractivity contribution in [2.24, 2.45) is 0 Å². The molecule has 0 amide bonds. The van der Waals surface area contributed by atoms with Gasteiger partial charge in [0.15, 0.2) is 11.0 Å². The molecular formula is C18H19N3S. The molecule has 0 bridgehead atoms. The zero-order valence-electron chi connectivity index (χ0n) is 12.6. The molecule has 0 saturated heterocycles. The van der Waals surface area contributed by atoms with Crippen LogP contribution in [0.25, 0.3) is 17.1 Å². The summed E-state index contributed by atoms with van der Waals surface area (Å²) in [5.41, 5.74) is 2.19. The Morgan fingerprint density at radius 3 is 2.27 bits per heavy atom. The second kappa shape index (κ2) is 7.27. The average Bonchev–Trinajstić information content (AvgIpc) is 3.01. The Hall–Kier alpha value is -2.07. The summed E-state index contributed by atoms with van der Waals surface area (Å²) in [6.45, 7) is 2.21. The molecule has 3 rings (SSSR count). The largest absolute Gasteiger partial charge is 0.270 e. The summed E-state index contributed by atoms with van der Waals surface area (Å²) in [6.07, 6.45) is 2.38. The molecule has 2 aromatic carbocycles. The second-order valence-corrected chi connectivity index (χ2v) is 6.11. The lowest BCUT2D eigenvalue weighted by Crippen LogP contribution is -1.99. The first-order valence-corrected chi connectivity index (χ1v) is 8.57. The van der Waals surface area contributed by atoms with Crippen molar-refractivity contribution < 1.29 is 0 Å². The van der Waals surface area contributed by atoms with Crippen LogP contribution in [0.1, 0.15) is 19.8 Å². The van der Waals surface area contributed by atoms with Gasteiger partial charge in [-0.25, -0.2) is 0 Å². The van der Waals surface area contributed by atoms with E-state index in [-0.39, 0.29) is 0 Å². The highest BCUT2D eigenvalue weighted by Crippen LogP contribution is 2.28. The lowest BCUT2D eigenvalue weighted by Gasteiger charge is -2.10. The molecule has 0 aliphatic carbocycles. The number of para-hydroxylation sites is 1. The zero-order chi connectivity index (χ0) is 15.2. The van der Waals surface area contributed by atoms with E-state index < -0.39 is 0 Å². The maximum atomic E-state index is 4.43. The van der Waals surface area contributed by atoms with Crippen LogP contribution in [0.5, 0.6) is 0 Å². The van der Waals surface area contributed by atoms with Crippen LogP contribution in [0.4, 0.5) is 0 Å². The standard InChI is InChI=1S/C18H19N3S/c1-2-3-14-22-18-20-19-17(15-10-6-4-7-11-15)21(18)16-12-8-5-9-13-16/h4-13H,2-3,14H2,1H3. The lowest BCUT2D eigenvalue weighted by atomic mass is 10.2. The predicted octanol–water partition coefficient (Wildman–Crippen LogP) is 4.83. The molecule has 0 spiro atoms. The Labute approximate surface area is 135 Å². The third-order valence-electron chi connectivity index (χ3n) is 3.41. The molecule has 3 aromatic rings. The number of rotatable bonds is 6. The smallest absolute Gasteiger partial charge is 0.196 e. The van der Waals surface area contributed by atoms with Gasteiger partial charge in [0, 0.05) is 17.0 Å². The van der Waals surface area contributed by atoms with Gasteiger partial charge in [0.2, 0.25) is 0 Å². The number of unbranched alkanes of at least 4 members (excludes halogenated alkanes) is 1. The highest BCUT2D eigenvalue weighted by atomic mass is 32.2. The van der Waals surface area contributed by atoms with Crippen molar-refractivity contribution in [3.8, 4) is 17.1 Å². The monoisotopic (exact) mass is 309 g/mol. The quantitative estimate of drug-likeness (QED) is 0.483. The lowest BCUT2D eigenvalue weighted by molar-refractivity contribution is 0.865. The fraction of sp³-hybridized carbons (Fsp3) is 0.222. The van der Waals surface area contributed by atoms with Crippen molar-refractivity contribution in [3.05, 3.63) is 60.7 Å². The van der Waals surface area contributed by atoms with Crippen molar-refractivity contribution in [1.82, 2.24) is 14.8 Å². The summed E-state index contributed by atoms with van der Waals surface area (Å²) in [4.78, 5) is 0. The Bertz CT molecular complexity index is 708. The highest BCUT2D eigenvalue weighted by Gasteiger charge is 2.15. The van der Waals surface area contributed by atoms with Gasteiger partial charge in [-0.2, -0.15) is 0 Å². The molecule has 0 saturated carbocycles. The van der Waals surface area contributed by atoms with Crippen LogP contribution in [-0.4, -0.2) is 20.5 Å². The molecule has 0 radical (unpaired) electrons. The average molecular weight is 309 g/mol. The third-order valence-corrected chi connectivity index (χ3v) is 4.42. The first-order valence-electron chi connectivity index (χ1n) is 7.59.